The van der Waals surface area contributed by atoms with Crippen molar-refractivity contribution in [2.45, 2.75) is 142 Å². The standard InChI is InChI=1S/C31H58O2S2/c1-8-29(5,6)18-12-21-31(34-22-13-23-35-31)20-11-10-19-30(7,28(32)33-9-2)27-16-14-26(15-17-27)24-25(3)4/h25-27H,8-24H2,1-7H3. The molecule has 206 valence electrons. The van der Waals surface area contributed by atoms with E-state index < -0.39 is 0 Å². The minimum absolute atomic E-state index is 0.0743. The second-order valence-electron chi connectivity index (χ2n) is 13.0. The summed E-state index contributed by atoms with van der Waals surface area (Å²) in [5.74, 6) is 4.85. The van der Waals surface area contributed by atoms with Crippen LogP contribution < -0.4 is 0 Å². The molecule has 0 aromatic rings. The molecule has 0 amide bonds. The molecule has 35 heavy (non-hydrogen) atoms. The summed E-state index contributed by atoms with van der Waals surface area (Å²) >= 11 is 4.49. The lowest BCUT2D eigenvalue weighted by Gasteiger charge is -2.41. The van der Waals surface area contributed by atoms with E-state index in [1.54, 1.807) is 0 Å². The molecule has 0 aromatic heterocycles. The van der Waals surface area contributed by atoms with Gasteiger partial charge in [0.2, 0.25) is 0 Å². The van der Waals surface area contributed by atoms with Crippen LogP contribution in [0.4, 0.5) is 0 Å². The van der Waals surface area contributed by atoms with Gasteiger partial charge in [-0.15, -0.1) is 23.5 Å². The third-order valence-electron chi connectivity index (χ3n) is 9.19. The van der Waals surface area contributed by atoms with E-state index in [9.17, 15) is 4.79 Å². The number of unbranched alkanes of at least 4 members (excludes halogenated alkanes) is 1. The lowest BCUT2D eigenvalue weighted by molar-refractivity contribution is -0.160. The topological polar surface area (TPSA) is 26.3 Å². The molecule has 1 atom stereocenters. The molecule has 0 radical (unpaired) electrons. The molecule has 2 nitrogen and oxygen atoms in total. The van der Waals surface area contributed by atoms with Gasteiger partial charge in [-0.3, -0.25) is 4.79 Å². The van der Waals surface area contributed by atoms with E-state index in [-0.39, 0.29) is 11.4 Å². The highest BCUT2D eigenvalue weighted by Gasteiger charge is 2.43. The molecule has 0 bridgehead atoms. The van der Waals surface area contributed by atoms with Gasteiger partial charge in [0.1, 0.15) is 0 Å². The third-order valence-corrected chi connectivity index (χ3v) is 12.7. The number of rotatable bonds is 15. The van der Waals surface area contributed by atoms with Crippen LogP contribution in [-0.2, 0) is 9.53 Å². The van der Waals surface area contributed by atoms with Crippen molar-refractivity contribution in [2.75, 3.05) is 18.1 Å². The monoisotopic (exact) mass is 526 g/mol. The van der Waals surface area contributed by atoms with E-state index in [0.29, 0.717) is 22.0 Å². The Morgan fingerprint density at radius 1 is 0.943 bits per heavy atom. The molecule has 0 N–H and O–H groups in total. The molecule has 1 aliphatic carbocycles. The van der Waals surface area contributed by atoms with E-state index in [1.165, 1.54) is 88.6 Å². The van der Waals surface area contributed by atoms with E-state index in [4.69, 9.17) is 4.74 Å². The van der Waals surface area contributed by atoms with Crippen LogP contribution >= 0.6 is 23.5 Å². The molecule has 1 saturated heterocycles. The fraction of sp³-hybridized carbons (Fsp3) is 0.968. The zero-order valence-corrected chi connectivity index (χ0v) is 26.0. The second-order valence-corrected chi connectivity index (χ2v) is 16.2. The smallest absolute Gasteiger partial charge is 0.312 e. The van der Waals surface area contributed by atoms with Crippen molar-refractivity contribution in [1.29, 1.82) is 0 Å². The van der Waals surface area contributed by atoms with Crippen molar-refractivity contribution in [1.82, 2.24) is 0 Å². The summed E-state index contributed by atoms with van der Waals surface area (Å²) in [6, 6.07) is 0. The normalized spacial score (nSPS) is 24.8. The van der Waals surface area contributed by atoms with Gasteiger partial charge in [-0.25, -0.2) is 0 Å². The molecule has 0 aromatic carbocycles. The molecular weight excluding hydrogens is 468 g/mol. The first-order valence-corrected chi connectivity index (χ1v) is 17.0. The van der Waals surface area contributed by atoms with Gasteiger partial charge in [-0.1, -0.05) is 73.1 Å². The first-order valence-electron chi connectivity index (χ1n) is 15.0. The van der Waals surface area contributed by atoms with Crippen molar-refractivity contribution in [3.8, 4) is 0 Å². The van der Waals surface area contributed by atoms with Crippen LogP contribution in [0.3, 0.4) is 0 Å². The van der Waals surface area contributed by atoms with Crippen LogP contribution in [0.15, 0.2) is 0 Å². The molecular formula is C31H58O2S2. The Kier molecular flexibility index (Phi) is 13.4. The van der Waals surface area contributed by atoms with Gasteiger partial charge in [0.05, 0.1) is 16.1 Å². The minimum atomic E-state index is -0.302. The number of ether oxygens (including phenoxy) is 1. The van der Waals surface area contributed by atoms with Crippen LogP contribution in [0.2, 0.25) is 0 Å². The number of carbonyl (C=O) groups is 1. The molecule has 1 aliphatic heterocycles. The van der Waals surface area contributed by atoms with Crippen LogP contribution in [0, 0.1) is 28.6 Å². The van der Waals surface area contributed by atoms with E-state index in [0.717, 1.165) is 24.7 Å². The zero-order chi connectivity index (χ0) is 26.0. The highest BCUT2D eigenvalue weighted by molar-refractivity contribution is 8.18. The van der Waals surface area contributed by atoms with Gasteiger partial charge in [0.15, 0.2) is 0 Å². The number of esters is 1. The maximum absolute atomic E-state index is 13.2. The minimum Gasteiger partial charge on any atom is -0.466 e. The van der Waals surface area contributed by atoms with E-state index >= 15 is 0 Å². The lowest BCUT2D eigenvalue weighted by Crippen LogP contribution is -2.39. The molecule has 4 heteroatoms. The average molecular weight is 527 g/mol. The maximum atomic E-state index is 13.2. The second kappa shape index (κ2) is 14.9. The molecule has 2 fully saturated rings. The Morgan fingerprint density at radius 3 is 2.14 bits per heavy atom. The van der Waals surface area contributed by atoms with Gasteiger partial charge in [0, 0.05) is 0 Å². The lowest BCUT2D eigenvalue weighted by atomic mass is 9.65. The van der Waals surface area contributed by atoms with Crippen LogP contribution in [-0.4, -0.2) is 28.2 Å². The predicted octanol–water partition coefficient (Wildman–Crippen LogP) is 10.1. The molecule has 2 aliphatic rings. The van der Waals surface area contributed by atoms with Gasteiger partial charge in [-0.05, 0) is 99.9 Å². The summed E-state index contributed by atoms with van der Waals surface area (Å²) in [5.41, 5.74) is 0.171. The van der Waals surface area contributed by atoms with Crippen molar-refractivity contribution in [2.24, 2.45) is 28.6 Å². The van der Waals surface area contributed by atoms with Crippen molar-refractivity contribution in [3.05, 3.63) is 0 Å². The van der Waals surface area contributed by atoms with Crippen LogP contribution in [0.1, 0.15) is 138 Å². The Morgan fingerprint density at radius 2 is 1.57 bits per heavy atom. The number of hydrogen-bond donors (Lipinski definition) is 0. The predicted molar refractivity (Wildman–Crippen MR) is 158 cm³/mol. The summed E-state index contributed by atoms with van der Waals surface area (Å²) in [6.07, 6.45) is 17.7. The molecule has 0 spiro atoms. The van der Waals surface area contributed by atoms with Crippen molar-refractivity contribution >= 4 is 29.5 Å². The van der Waals surface area contributed by atoms with Crippen LogP contribution in [0.25, 0.3) is 0 Å². The third kappa shape index (κ3) is 10.1. The highest BCUT2D eigenvalue weighted by atomic mass is 32.2. The Labute approximate surface area is 227 Å². The van der Waals surface area contributed by atoms with E-state index in [2.05, 4.69) is 65.1 Å². The SMILES string of the molecule is CCOC(=O)C(C)(CCCCC1(CCCC(C)(C)CC)SCCCS1)C1CCC(CC(C)C)CC1. The Balaban J connectivity index is 1.93. The fourth-order valence-electron chi connectivity index (χ4n) is 6.40. The first kappa shape index (κ1) is 31.4. The van der Waals surface area contributed by atoms with Crippen molar-refractivity contribution in [3.63, 3.8) is 0 Å². The Bertz CT molecular complexity index is 603. The largest absolute Gasteiger partial charge is 0.466 e. The van der Waals surface area contributed by atoms with E-state index in [1.807, 2.05) is 6.92 Å². The summed E-state index contributed by atoms with van der Waals surface area (Å²) in [4.78, 5) is 13.2. The van der Waals surface area contributed by atoms with Gasteiger partial charge in [0.25, 0.3) is 0 Å². The summed E-state index contributed by atoms with van der Waals surface area (Å²) in [7, 11) is 0. The fourth-order valence-corrected chi connectivity index (χ4v) is 9.89. The molecule has 1 unspecified atom stereocenters. The number of thioether (sulfide) groups is 2. The van der Waals surface area contributed by atoms with Crippen LogP contribution in [0.5, 0.6) is 0 Å². The maximum Gasteiger partial charge on any atom is 0.312 e. The summed E-state index contributed by atoms with van der Waals surface area (Å²) < 4.78 is 6.08. The molecule has 1 saturated carbocycles. The highest BCUT2D eigenvalue weighted by Crippen LogP contribution is 2.51. The summed E-state index contributed by atoms with van der Waals surface area (Å²) in [6.45, 7) is 16.6. The molecule has 2 rings (SSSR count). The quantitative estimate of drug-likeness (QED) is 0.157. The number of hydrogen-bond acceptors (Lipinski definition) is 4. The summed E-state index contributed by atoms with van der Waals surface area (Å²) in [5, 5.41) is 0. The first-order chi connectivity index (χ1) is 16.6. The Hall–Kier alpha value is 0.170. The number of carbonyl (C=O) groups excluding carboxylic acids is 1. The van der Waals surface area contributed by atoms with Crippen molar-refractivity contribution < 1.29 is 9.53 Å². The zero-order valence-electron chi connectivity index (χ0n) is 24.4. The average Bonchev–Trinajstić information content (AvgIpc) is 2.82. The van der Waals surface area contributed by atoms with Gasteiger partial charge >= 0.3 is 5.97 Å². The van der Waals surface area contributed by atoms with Gasteiger partial charge in [-0.2, -0.15) is 0 Å². The molecule has 1 heterocycles. The van der Waals surface area contributed by atoms with Gasteiger partial charge < -0.3 is 4.74 Å².